The Morgan fingerprint density at radius 3 is 2.59 bits per heavy atom. The Hall–Kier alpha value is -2.62. The smallest absolute Gasteiger partial charge is 0.253 e. The lowest BCUT2D eigenvalue weighted by molar-refractivity contribution is 0.0593. The molecule has 6 rings (SSSR count). The molecule has 4 heterocycles. The summed E-state index contributed by atoms with van der Waals surface area (Å²) in [6.45, 7) is 9.35. The van der Waals surface area contributed by atoms with Gasteiger partial charge in [0.2, 0.25) is 0 Å². The van der Waals surface area contributed by atoms with E-state index in [1.165, 1.54) is 37.7 Å². The Morgan fingerprint density at radius 2 is 1.84 bits per heavy atom. The van der Waals surface area contributed by atoms with Crippen LogP contribution in [-0.2, 0) is 11.3 Å². The van der Waals surface area contributed by atoms with Gasteiger partial charge in [-0.05, 0) is 73.0 Å². The van der Waals surface area contributed by atoms with Crippen molar-refractivity contribution in [2.45, 2.75) is 83.5 Å². The van der Waals surface area contributed by atoms with Gasteiger partial charge in [-0.25, -0.2) is 4.68 Å². The normalized spacial score (nSPS) is 23.1. The number of piperazine rings is 1. The Labute approximate surface area is 218 Å². The van der Waals surface area contributed by atoms with E-state index < -0.39 is 0 Å². The fourth-order valence-electron chi connectivity index (χ4n) is 6.73. The van der Waals surface area contributed by atoms with Crippen LogP contribution in [0, 0.1) is 13.8 Å². The summed E-state index contributed by atoms with van der Waals surface area (Å²) >= 11 is 0. The standard InChI is InChI=1S/C28H39N7O2/c1-19-15-20(2)25-21(16-19)17-24(28(36)29-25)26(27-30-31-32-35(27)18-23-9-6-14-37-23)34-12-10-33(11-13-34)22-7-4-3-5-8-22/h15-17,22-23,26H,3-14,18H2,1-2H3,(H,29,36)/t23-,26+/m1/s1. The van der Waals surface area contributed by atoms with Gasteiger partial charge in [0.1, 0.15) is 6.04 Å². The van der Waals surface area contributed by atoms with Crippen LogP contribution in [-0.4, -0.2) is 79.9 Å². The number of nitrogens with one attached hydrogen (secondary N) is 1. The summed E-state index contributed by atoms with van der Waals surface area (Å²) in [7, 11) is 0. The van der Waals surface area contributed by atoms with Crippen LogP contribution in [0.4, 0.5) is 0 Å². The maximum absolute atomic E-state index is 13.6. The molecule has 0 radical (unpaired) electrons. The number of pyridine rings is 1. The molecule has 2 atom stereocenters. The monoisotopic (exact) mass is 505 g/mol. The number of aryl methyl sites for hydroxylation is 2. The van der Waals surface area contributed by atoms with Gasteiger partial charge < -0.3 is 9.72 Å². The Bertz CT molecular complexity index is 1280. The average Bonchev–Trinajstić information content (AvgIpc) is 3.59. The van der Waals surface area contributed by atoms with Gasteiger partial charge >= 0.3 is 0 Å². The molecule has 2 saturated heterocycles. The van der Waals surface area contributed by atoms with Crippen LogP contribution >= 0.6 is 0 Å². The Kier molecular flexibility index (Phi) is 7.10. The molecule has 0 spiro atoms. The van der Waals surface area contributed by atoms with Crippen molar-refractivity contribution in [2.24, 2.45) is 0 Å². The van der Waals surface area contributed by atoms with E-state index in [1.807, 2.05) is 4.68 Å². The second-order valence-electron chi connectivity index (χ2n) is 11.2. The average molecular weight is 506 g/mol. The molecule has 9 nitrogen and oxygen atoms in total. The first-order valence-corrected chi connectivity index (χ1v) is 14.1. The molecule has 37 heavy (non-hydrogen) atoms. The van der Waals surface area contributed by atoms with Crippen LogP contribution in [0.3, 0.4) is 0 Å². The van der Waals surface area contributed by atoms with E-state index in [0.29, 0.717) is 18.2 Å². The molecule has 1 aliphatic carbocycles. The molecular weight excluding hydrogens is 466 g/mol. The summed E-state index contributed by atoms with van der Waals surface area (Å²) in [6.07, 6.45) is 8.88. The number of aromatic nitrogens is 5. The van der Waals surface area contributed by atoms with Crippen molar-refractivity contribution in [3.63, 3.8) is 0 Å². The summed E-state index contributed by atoms with van der Waals surface area (Å²) in [5.74, 6) is 0.732. The minimum atomic E-state index is -0.307. The van der Waals surface area contributed by atoms with E-state index in [-0.39, 0.29) is 17.7 Å². The second kappa shape index (κ2) is 10.6. The minimum Gasteiger partial charge on any atom is -0.376 e. The topological polar surface area (TPSA) is 92.2 Å². The highest BCUT2D eigenvalue weighted by Crippen LogP contribution is 2.31. The summed E-state index contributed by atoms with van der Waals surface area (Å²) in [4.78, 5) is 21.9. The van der Waals surface area contributed by atoms with Crippen LogP contribution in [0.15, 0.2) is 23.0 Å². The van der Waals surface area contributed by atoms with E-state index in [2.05, 4.69) is 62.4 Å². The number of aromatic amines is 1. The maximum atomic E-state index is 13.6. The lowest BCUT2D eigenvalue weighted by atomic mass is 9.93. The number of fused-ring (bicyclic) bond motifs is 1. The molecule has 0 bridgehead atoms. The highest BCUT2D eigenvalue weighted by atomic mass is 16.5. The maximum Gasteiger partial charge on any atom is 0.253 e. The van der Waals surface area contributed by atoms with Crippen LogP contribution in [0.25, 0.3) is 10.9 Å². The first-order chi connectivity index (χ1) is 18.1. The number of hydrogen-bond acceptors (Lipinski definition) is 7. The van der Waals surface area contributed by atoms with E-state index in [4.69, 9.17) is 4.74 Å². The van der Waals surface area contributed by atoms with E-state index in [9.17, 15) is 4.79 Å². The molecule has 2 aromatic heterocycles. The zero-order valence-electron chi connectivity index (χ0n) is 22.2. The van der Waals surface area contributed by atoms with Crippen molar-refractivity contribution < 1.29 is 4.74 Å². The SMILES string of the molecule is Cc1cc(C)c2[nH]c(=O)c([C@@H](c3nnnn3C[C@H]3CCCO3)N3CCN(C4CCCCC4)CC3)cc2c1. The molecule has 1 saturated carbocycles. The third-order valence-electron chi connectivity index (χ3n) is 8.63. The van der Waals surface area contributed by atoms with Gasteiger partial charge in [-0.15, -0.1) is 5.10 Å². The largest absolute Gasteiger partial charge is 0.376 e. The first-order valence-electron chi connectivity index (χ1n) is 14.1. The molecule has 0 unspecified atom stereocenters. The van der Waals surface area contributed by atoms with Crippen molar-refractivity contribution >= 4 is 10.9 Å². The number of tetrazole rings is 1. The third-order valence-corrected chi connectivity index (χ3v) is 8.63. The number of H-pyrrole nitrogens is 1. The number of hydrogen-bond donors (Lipinski definition) is 1. The van der Waals surface area contributed by atoms with Crippen molar-refractivity contribution in [3.8, 4) is 0 Å². The molecule has 3 fully saturated rings. The molecular formula is C28H39N7O2. The molecule has 1 aromatic carbocycles. The van der Waals surface area contributed by atoms with Gasteiger partial charge in [-0.2, -0.15) is 0 Å². The number of nitrogens with zero attached hydrogens (tertiary/aromatic N) is 6. The zero-order chi connectivity index (χ0) is 25.4. The molecule has 198 valence electrons. The van der Waals surface area contributed by atoms with Crippen LogP contribution in [0.1, 0.15) is 73.5 Å². The Morgan fingerprint density at radius 1 is 1.03 bits per heavy atom. The second-order valence-corrected chi connectivity index (χ2v) is 11.2. The van der Waals surface area contributed by atoms with Gasteiger partial charge in [0.05, 0.1) is 18.2 Å². The molecule has 2 aliphatic heterocycles. The van der Waals surface area contributed by atoms with Crippen molar-refractivity contribution in [2.75, 3.05) is 32.8 Å². The molecule has 9 heteroatoms. The van der Waals surface area contributed by atoms with Crippen LogP contribution in [0.2, 0.25) is 0 Å². The molecule has 3 aliphatic rings. The van der Waals surface area contributed by atoms with E-state index in [1.54, 1.807) is 0 Å². The van der Waals surface area contributed by atoms with Gasteiger partial charge in [0.25, 0.3) is 5.56 Å². The van der Waals surface area contributed by atoms with Crippen molar-refractivity contribution in [1.82, 2.24) is 35.0 Å². The number of benzene rings is 1. The predicted molar refractivity (Wildman–Crippen MR) is 143 cm³/mol. The first kappa shape index (κ1) is 24.7. The summed E-state index contributed by atoms with van der Waals surface area (Å²) in [5, 5.41) is 14.0. The van der Waals surface area contributed by atoms with Crippen molar-refractivity contribution in [3.05, 3.63) is 51.1 Å². The summed E-state index contributed by atoms with van der Waals surface area (Å²) in [6, 6.07) is 6.72. The van der Waals surface area contributed by atoms with Gasteiger partial charge in [-0.3, -0.25) is 14.6 Å². The van der Waals surface area contributed by atoms with E-state index in [0.717, 1.165) is 67.9 Å². The molecule has 1 N–H and O–H groups in total. The Balaban J connectivity index is 1.36. The zero-order valence-corrected chi connectivity index (χ0v) is 22.2. The number of ether oxygens (including phenoxy) is 1. The molecule has 3 aromatic rings. The fraction of sp³-hybridized carbons (Fsp3) is 0.643. The van der Waals surface area contributed by atoms with Gasteiger partial charge in [0.15, 0.2) is 5.82 Å². The lowest BCUT2D eigenvalue weighted by Crippen LogP contribution is -2.52. The number of rotatable bonds is 6. The van der Waals surface area contributed by atoms with Crippen LogP contribution in [0.5, 0.6) is 0 Å². The highest BCUT2D eigenvalue weighted by Gasteiger charge is 2.35. The minimum absolute atomic E-state index is 0.0640. The highest BCUT2D eigenvalue weighted by molar-refractivity contribution is 5.83. The predicted octanol–water partition coefficient (Wildman–Crippen LogP) is 3.35. The summed E-state index contributed by atoms with van der Waals surface area (Å²) < 4.78 is 7.77. The van der Waals surface area contributed by atoms with Crippen molar-refractivity contribution in [1.29, 1.82) is 0 Å². The molecule has 0 amide bonds. The van der Waals surface area contributed by atoms with Gasteiger partial charge in [0, 0.05) is 44.4 Å². The fourth-order valence-corrected chi connectivity index (χ4v) is 6.73. The quantitative estimate of drug-likeness (QED) is 0.549. The lowest BCUT2D eigenvalue weighted by Gasteiger charge is -2.43. The van der Waals surface area contributed by atoms with E-state index >= 15 is 0 Å². The van der Waals surface area contributed by atoms with Crippen LogP contribution < -0.4 is 5.56 Å². The van der Waals surface area contributed by atoms with Gasteiger partial charge in [-0.1, -0.05) is 30.9 Å². The summed E-state index contributed by atoms with van der Waals surface area (Å²) in [5.41, 5.74) is 3.82. The third kappa shape index (κ3) is 5.09.